The number of pyridine rings is 1. The Hall–Kier alpha value is -1.30. The van der Waals surface area contributed by atoms with Crippen LogP contribution in [0.4, 0.5) is 11.5 Å². The molecular formula is C13H19N3O2S. The molecule has 0 saturated heterocycles. The zero-order valence-corrected chi connectivity index (χ0v) is 12.1. The van der Waals surface area contributed by atoms with Gasteiger partial charge in [-0.25, -0.2) is 4.98 Å². The summed E-state index contributed by atoms with van der Waals surface area (Å²) in [5.41, 5.74) is 0.733. The quantitative estimate of drug-likeness (QED) is 0.662. The Balaban J connectivity index is 2.10. The molecule has 1 N–H and O–H groups in total. The van der Waals surface area contributed by atoms with Crippen LogP contribution >= 0.6 is 11.8 Å². The van der Waals surface area contributed by atoms with Gasteiger partial charge in [-0.3, -0.25) is 10.1 Å². The summed E-state index contributed by atoms with van der Waals surface area (Å²) in [5, 5.41) is 14.9. The van der Waals surface area contributed by atoms with Gasteiger partial charge in [0.05, 0.1) is 11.0 Å². The molecular weight excluding hydrogens is 262 g/mol. The lowest BCUT2D eigenvalue weighted by Gasteiger charge is -2.20. The first-order valence-electron chi connectivity index (χ1n) is 6.61. The number of hydrogen-bond donors (Lipinski definition) is 1. The highest BCUT2D eigenvalue weighted by Gasteiger charge is 2.27. The zero-order chi connectivity index (χ0) is 13.8. The predicted octanol–water partition coefficient (Wildman–Crippen LogP) is 3.38. The smallest absolute Gasteiger partial charge is 0.277 e. The molecule has 0 radical (unpaired) electrons. The summed E-state index contributed by atoms with van der Waals surface area (Å²) in [5.74, 6) is 1.72. The van der Waals surface area contributed by atoms with Crippen molar-refractivity contribution in [1.29, 1.82) is 0 Å². The number of rotatable bonds is 5. The topological polar surface area (TPSA) is 68.1 Å². The van der Waals surface area contributed by atoms with Gasteiger partial charge in [-0.15, -0.1) is 0 Å². The summed E-state index contributed by atoms with van der Waals surface area (Å²) < 4.78 is 0. The molecule has 19 heavy (non-hydrogen) atoms. The second-order valence-electron chi connectivity index (χ2n) is 4.79. The first-order valence-corrected chi connectivity index (χ1v) is 7.66. The summed E-state index contributed by atoms with van der Waals surface area (Å²) >= 11 is 1.96. The van der Waals surface area contributed by atoms with E-state index in [-0.39, 0.29) is 10.6 Å². The second kappa shape index (κ2) is 6.23. The lowest BCUT2D eigenvalue weighted by molar-refractivity contribution is -0.385. The number of anilines is 1. The van der Waals surface area contributed by atoms with Gasteiger partial charge in [-0.05, 0) is 25.5 Å². The molecule has 1 aromatic rings. The molecule has 1 aromatic heterocycles. The van der Waals surface area contributed by atoms with E-state index in [1.807, 2.05) is 11.8 Å². The summed E-state index contributed by atoms with van der Waals surface area (Å²) in [6.45, 7) is 3.87. The number of aryl methyl sites for hydroxylation is 1. The van der Waals surface area contributed by atoms with Gasteiger partial charge in [0, 0.05) is 23.1 Å². The maximum atomic E-state index is 10.9. The largest absolute Gasteiger partial charge is 0.366 e. The van der Waals surface area contributed by atoms with E-state index < -0.39 is 0 Å². The molecule has 0 amide bonds. The van der Waals surface area contributed by atoms with Crippen molar-refractivity contribution >= 4 is 23.3 Å². The summed E-state index contributed by atoms with van der Waals surface area (Å²) in [7, 11) is 0. The lowest BCUT2D eigenvalue weighted by atomic mass is 10.2. The number of hydrogen-bond acceptors (Lipinski definition) is 5. The van der Waals surface area contributed by atoms with Crippen LogP contribution in [-0.2, 0) is 0 Å². The van der Waals surface area contributed by atoms with E-state index in [0.717, 1.165) is 12.2 Å². The third-order valence-corrected chi connectivity index (χ3v) is 4.76. The van der Waals surface area contributed by atoms with E-state index in [1.54, 1.807) is 19.2 Å². The van der Waals surface area contributed by atoms with E-state index in [2.05, 4.69) is 17.2 Å². The molecule has 1 aliphatic rings. The predicted molar refractivity (Wildman–Crippen MR) is 78.8 cm³/mol. The van der Waals surface area contributed by atoms with E-state index in [1.165, 1.54) is 12.8 Å². The normalized spacial score (nSPS) is 22.4. The number of nitrogens with zero attached hydrogens (tertiary/aromatic N) is 2. The zero-order valence-electron chi connectivity index (χ0n) is 11.3. The molecule has 5 nitrogen and oxygen atoms in total. The standard InChI is InChI=1S/C13H19N3O2S/c1-3-19-12-6-4-5-10(12)15-13-7-11(16(17)18)9(2)8-14-13/h7-8,10,12H,3-6H2,1-2H3,(H,14,15). The first kappa shape index (κ1) is 14.1. The minimum absolute atomic E-state index is 0.134. The highest BCUT2D eigenvalue weighted by Crippen LogP contribution is 2.32. The molecule has 1 saturated carbocycles. The molecule has 6 heteroatoms. The highest BCUT2D eigenvalue weighted by molar-refractivity contribution is 7.99. The van der Waals surface area contributed by atoms with Gasteiger partial charge in [0.1, 0.15) is 5.82 Å². The van der Waals surface area contributed by atoms with Crippen LogP contribution < -0.4 is 5.32 Å². The fourth-order valence-corrected chi connectivity index (χ4v) is 3.68. The Labute approximate surface area is 117 Å². The van der Waals surface area contributed by atoms with Gasteiger partial charge in [0.15, 0.2) is 0 Å². The van der Waals surface area contributed by atoms with E-state index in [9.17, 15) is 10.1 Å². The van der Waals surface area contributed by atoms with Crippen LogP contribution in [0.1, 0.15) is 31.7 Å². The molecule has 1 aliphatic carbocycles. The Morgan fingerprint density at radius 3 is 3.05 bits per heavy atom. The molecule has 2 atom stereocenters. The summed E-state index contributed by atoms with van der Waals surface area (Å²) in [6.07, 6.45) is 5.10. The molecule has 2 unspecified atom stereocenters. The van der Waals surface area contributed by atoms with Crippen molar-refractivity contribution in [3.8, 4) is 0 Å². The number of nitrogens with one attached hydrogen (secondary N) is 1. The van der Waals surface area contributed by atoms with Crippen LogP contribution in [0.3, 0.4) is 0 Å². The molecule has 0 aromatic carbocycles. The Kier molecular flexibility index (Phi) is 4.63. The van der Waals surface area contributed by atoms with E-state index in [0.29, 0.717) is 22.7 Å². The molecule has 0 spiro atoms. The van der Waals surface area contributed by atoms with Crippen molar-refractivity contribution in [1.82, 2.24) is 4.98 Å². The molecule has 2 rings (SSSR count). The molecule has 1 heterocycles. The van der Waals surface area contributed by atoms with Gasteiger partial charge in [-0.1, -0.05) is 13.3 Å². The number of thioether (sulfide) groups is 1. The Bertz CT molecular complexity index is 467. The van der Waals surface area contributed by atoms with Crippen molar-refractivity contribution in [2.45, 2.75) is 44.4 Å². The molecule has 104 valence electrons. The van der Waals surface area contributed by atoms with E-state index in [4.69, 9.17) is 0 Å². The Morgan fingerprint density at radius 1 is 1.58 bits per heavy atom. The monoisotopic (exact) mass is 281 g/mol. The van der Waals surface area contributed by atoms with Crippen LogP contribution in [0.15, 0.2) is 12.3 Å². The fraction of sp³-hybridized carbons (Fsp3) is 0.615. The number of nitro groups is 1. The van der Waals surface area contributed by atoms with Crippen LogP contribution in [0.2, 0.25) is 0 Å². The van der Waals surface area contributed by atoms with Crippen molar-refractivity contribution in [3.63, 3.8) is 0 Å². The maximum absolute atomic E-state index is 10.9. The van der Waals surface area contributed by atoms with Crippen molar-refractivity contribution < 1.29 is 4.92 Å². The second-order valence-corrected chi connectivity index (χ2v) is 6.30. The molecule has 1 fully saturated rings. The van der Waals surface area contributed by atoms with Crippen molar-refractivity contribution in [2.24, 2.45) is 0 Å². The van der Waals surface area contributed by atoms with Gasteiger partial charge in [0.25, 0.3) is 5.69 Å². The minimum Gasteiger partial charge on any atom is -0.366 e. The van der Waals surface area contributed by atoms with E-state index >= 15 is 0 Å². The van der Waals surface area contributed by atoms with Crippen molar-refractivity contribution in [2.75, 3.05) is 11.1 Å². The summed E-state index contributed by atoms with van der Waals surface area (Å²) in [6, 6.07) is 1.92. The summed E-state index contributed by atoms with van der Waals surface area (Å²) in [4.78, 5) is 14.8. The van der Waals surface area contributed by atoms with Gasteiger partial charge < -0.3 is 5.32 Å². The lowest BCUT2D eigenvalue weighted by Crippen LogP contribution is -2.26. The average Bonchev–Trinajstić information content (AvgIpc) is 2.79. The Morgan fingerprint density at radius 2 is 2.37 bits per heavy atom. The van der Waals surface area contributed by atoms with Crippen LogP contribution in [0, 0.1) is 17.0 Å². The van der Waals surface area contributed by atoms with Crippen LogP contribution in [-0.4, -0.2) is 27.0 Å². The highest BCUT2D eigenvalue weighted by atomic mass is 32.2. The third-order valence-electron chi connectivity index (χ3n) is 3.44. The first-order chi connectivity index (χ1) is 9.11. The molecule has 0 aliphatic heterocycles. The minimum atomic E-state index is -0.352. The average molecular weight is 281 g/mol. The number of aromatic nitrogens is 1. The van der Waals surface area contributed by atoms with Gasteiger partial charge >= 0.3 is 0 Å². The van der Waals surface area contributed by atoms with Crippen LogP contribution in [0.5, 0.6) is 0 Å². The molecule has 0 bridgehead atoms. The van der Waals surface area contributed by atoms with Gasteiger partial charge in [-0.2, -0.15) is 11.8 Å². The van der Waals surface area contributed by atoms with Crippen LogP contribution in [0.25, 0.3) is 0 Å². The third kappa shape index (κ3) is 3.37. The van der Waals surface area contributed by atoms with Crippen molar-refractivity contribution in [3.05, 3.63) is 27.9 Å². The van der Waals surface area contributed by atoms with Gasteiger partial charge in [0.2, 0.25) is 0 Å². The SMILES string of the molecule is CCSC1CCCC1Nc1cc([N+](=O)[O-])c(C)cn1. The fourth-order valence-electron chi connectivity index (χ4n) is 2.48. The maximum Gasteiger partial charge on any atom is 0.277 e.